The molecule has 160 valence electrons. The minimum absolute atomic E-state index is 0.404. The van der Waals surface area contributed by atoms with Crippen molar-refractivity contribution in [1.82, 2.24) is 14.9 Å². The van der Waals surface area contributed by atoms with Crippen LogP contribution in [0.25, 0.3) is 22.2 Å². The minimum atomic E-state index is 0.404. The third-order valence-electron chi connectivity index (χ3n) is 6.04. The molecule has 5 nitrogen and oxygen atoms in total. The van der Waals surface area contributed by atoms with Gasteiger partial charge in [-0.2, -0.15) is 0 Å². The number of methoxy groups -OCH3 is 1. The summed E-state index contributed by atoms with van der Waals surface area (Å²) in [5.74, 6) is 1.95. The van der Waals surface area contributed by atoms with Crippen LogP contribution >= 0.6 is 0 Å². The van der Waals surface area contributed by atoms with Crippen LogP contribution in [0.2, 0.25) is 0 Å². The fraction of sp³-hybridized carbons (Fsp3) is 0.480. The highest BCUT2D eigenvalue weighted by Gasteiger charge is 2.23. The summed E-state index contributed by atoms with van der Waals surface area (Å²) in [5.41, 5.74) is 5.90. The quantitative estimate of drug-likeness (QED) is 0.570. The zero-order chi connectivity index (χ0) is 21.1. The van der Waals surface area contributed by atoms with Crippen LogP contribution in [0.5, 0.6) is 5.75 Å². The number of aromatic nitrogens is 2. The molecule has 1 aliphatic rings. The minimum Gasteiger partial charge on any atom is -0.493 e. The van der Waals surface area contributed by atoms with Crippen LogP contribution < -0.4 is 4.74 Å². The highest BCUT2D eigenvalue weighted by atomic mass is 16.5. The molecular formula is C25H33N3O2. The zero-order valence-electron chi connectivity index (χ0n) is 18.6. The summed E-state index contributed by atoms with van der Waals surface area (Å²) in [5, 5.41) is 1.25. The van der Waals surface area contributed by atoms with E-state index in [9.17, 15) is 0 Å². The Morgan fingerprint density at radius 2 is 2.10 bits per heavy atom. The fourth-order valence-corrected chi connectivity index (χ4v) is 4.50. The highest BCUT2D eigenvalue weighted by molar-refractivity contribution is 5.92. The van der Waals surface area contributed by atoms with Crippen LogP contribution in [0.15, 0.2) is 36.5 Å². The summed E-state index contributed by atoms with van der Waals surface area (Å²) < 4.78 is 11.4. The maximum absolute atomic E-state index is 6.24. The average molecular weight is 408 g/mol. The Morgan fingerprint density at radius 1 is 1.23 bits per heavy atom. The average Bonchev–Trinajstić information content (AvgIpc) is 3.34. The number of hydrogen-bond acceptors (Lipinski definition) is 4. The first-order chi connectivity index (χ1) is 14.5. The molecule has 1 aliphatic heterocycles. The molecule has 4 rings (SSSR count). The van der Waals surface area contributed by atoms with E-state index in [1.165, 1.54) is 28.6 Å². The standard InChI is InChI=1S/C25H33N3O2/c1-17(2)24-22-14-21(30-16-19-8-10-28(15-19)11-12-29-4)5-6-23(22)27-25(24)20-7-9-26-18(3)13-20/h5-7,9,13-14,17,19,27H,8,10-12,15-16H2,1-4H3. The predicted octanol–water partition coefficient (Wildman–Crippen LogP) is 5.01. The van der Waals surface area contributed by atoms with Gasteiger partial charge in [0.05, 0.1) is 18.9 Å². The number of aromatic amines is 1. The number of fused-ring (bicyclic) bond motifs is 1. The molecule has 1 unspecified atom stereocenters. The van der Waals surface area contributed by atoms with Gasteiger partial charge in [-0.05, 0) is 61.7 Å². The van der Waals surface area contributed by atoms with Gasteiger partial charge in [-0.15, -0.1) is 0 Å². The number of pyridine rings is 1. The number of benzene rings is 1. The second kappa shape index (κ2) is 9.19. The summed E-state index contributed by atoms with van der Waals surface area (Å²) in [6.45, 7) is 11.4. The van der Waals surface area contributed by atoms with Crippen molar-refractivity contribution in [3.63, 3.8) is 0 Å². The Morgan fingerprint density at radius 3 is 2.87 bits per heavy atom. The van der Waals surface area contributed by atoms with Gasteiger partial charge in [-0.3, -0.25) is 4.98 Å². The lowest BCUT2D eigenvalue weighted by atomic mass is 9.96. The first-order valence-electron chi connectivity index (χ1n) is 11.0. The van der Waals surface area contributed by atoms with Crippen LogP contribution in [0.1, 0.15) is 37.4 Å². The largest absolute Gasteiger partial charge is 0.493 e. The van der Waals surface area contributed by atoms with Gasteiger partial charge in [0, 0.05) is 54.5 Å². The lowest BCUT2D eigenvalue weighted by molar-refractivity contribution is 0.155. The number of hydrogen-bond donors (Lipinski definition) is 1. The lowest BCUT2D eigenvalue weighted by Gasteiger charge is -2.16. The molecule has 0 saturated carbocycles. The molecule has 1 fully saturated rings. The van der Waals surface area contributed by atoms with E-state index in [0.717, 1.165) is 49.8 Å². The van der Waals surface area contributed by atoms with Crippen molar-refractivity contribution in [3.8, 4) is 17.0 Å². The monoisotopic (exact) mass is 407 g/mol. The first kappa shape index (κ1) is 20.9. The van der Waals surface area contributed by atoms with E-state index < -0.39 is 0 Å². The van der Waals surface area contributed by atoms with E-state index in [2.05, 4.69) is 59.0 Å². The van der Waals surface area contributed by atoms with Crippen molar-refractivity contribution >= 4 is 10.9 Å². The van der Waals surface area contributed by atoms with Crippen molar-refractivity contribution < 1.29 is 9.47 Å². The summed E-state index contributed by atoms with van der Waals surface area (Å²) in [6, 6.07) is 10.7. The smallest absolute Gasteiger partial charge is 0.120 e. The van der Waals surface area contributed by atoms with Gasteiger partial charge in [0.25, 0.3) is 0 Å². The molecule has 0 amide bonds. The van der Waals surface area contributed by atoms with E-state index in [-0.39, 0.29) is 0 Å². The van der Waals surface area contributed by atoms with Crippen LogP contribution in [0.4, 0.5) is 0 Å². The molecule has 0 radical (unpaired) electrons. The van der Waals surface area contributed by atoms with Crippen LogP contribution in [-0.2, 0) is 4.74 Å². The molecule has 30 heavy (non-hydrogen) atoms. The van der Waals surface area contributed by atoms with E-state index in [1.807, 2.05) is 13.1 Å². The number of ether oxygens (including phenoxy) is 2. The summed E-state index contributed by atoms with van der Waals surface area (Å²) >= 11 is 0. The summed E-state index contributed by atoms with van der Waals surface area (Å²) in [4.78, 5) is 10.4. The molecule has 0 bridgehead atoms. The van der Waals surface area contributed by atoms with E-state index in [1.54, 1.807) is 7.11 Å². The maximum atomic E-state index is 6.24. The zero-order valence-corrected chi connectivity index (χ0v) is 18.6. The molecule has 3 heterocycles. The maximum Gasteiger partial charge on any atom is 0.120 e. The Labute approximate surface area is 179 Å². The Balaban J connectivity index is 1.53. The lowest BCUT2D eigenvalue weighted by Crippen LogP contribution is -2.26. The third kappa shape index (κ3) is 4.52. The molecule has 2 aromatic heterocycles. The normalized spacial score (nSPS) is 17.3. The van der Waals surface area contributed by atoms with Gasteiger partial charge in [-0.25, -0.2) is 0 Å². The van der Waals surface area contributed by atoms with E-state index in [0.29, 0.717) is 11.8 Å². The van der Waals surface area contributed by atoms with Crippen LogP contribution in [-0.4, -0.2) is 54.8 Å². The number of nitrogens with one attached hydrogen (secondary N) is 1. The second-order valence-corrected chi connectivity index (χ2v) is 8.72. The Bertz CT molecular complexity index is 995. The van der Waals surface area contributed by atoms with Gasteiger partial charge < -0.3 is 19.4 Å². The number of rotatable bonds is 8. The molecule has 1 atom stereocenters. The van der Waals surface area contributed by atoms with Crippen LogP contribution in [0, 0.1) is 12.8 Å². The van der Waals surface area contributed by atoms with E-state index in [4.69, 9.17) is 9.47 Å². The topological polar surface area (TPSA) is 50.4 Å². The van der Waals surface area contributed by atoms with Crippen molar-refractivity contribution in [1.29, 1.82) is 0 Å². The van der Waals surface area contributed by atoms with Gasteiger partial charge in [-0.1, -0.05) is 13.8 Å². The van der Waals surface area contributed by atoms with E-state index >= 15 is 0 Å². The molecule has 0 aliphatic carbocycles. The van der Waals surface area contributed by atoms with Gasteiger partial charge in [0.15, 0.2) is 0 Å². The molecule has 1 aromatic carbocycles. The van der Waals surface area contributed by atoms with Crippen molar-refractivity contribution in [2.45, 2.75) is 33.1 Å². The molecule has 0 spiro atoms. The summed E-state index contributed by atoms with van der Waals surface area (Å²) in [7, 11) is 1.76. The van der Waals surface area contributed by atoms with Crippen molar-refractivity contribution in [2.75, 3.05) is 40.0 Å². The Kier molecular flexibility index (Phi) is 6.40. The van der Waals surface area contributed by atoms with Gasteiger partial charge in [0.2, 0.25) is 0 Å². The highest BCUT2D eigenvalue weighted by Crippen LogP contribution is 2.37. The van der Waals surface area contributed by atoms with Gasteiger partial charge >= 0.3 is 0 Å². The van der Waals surface area contributed by atoms with Crippen LogP contribution in [0.3, 0.4) is 0 Å². The Hall–Kier alpha value is -2.37. The SMILES string of the molecule is COCCN1CCC(COc2ccc3[nH]c(-c4ccnc(C)c4)c(C(C)C)c3c2)C1. The number of aryl methyl sites for hydroxylation is 1. The summed E-state index contributed by atoms with van der Waals surface area (Å²) in [6.07, 6.45) is 3.07. The van der Waals surface area contributed by atoms with Gasteiger partial charge in [0.1, 0.15) is 5.75 Å². The molecule has 3 aromatic rings. The molecule has 5 heteroatoms. The van der Waals surface area contributed by atoms with Crippen molar-refractivity contribution in [3.05, 3.63) is 47.8 Å². The second-order valence-electron chi connectivity index (χ2n) is 8.72. The number of H-pyrrole nitrogens is 1. The van der Waals surface area contributed by atoms with Crippen molar-refractivity contribution in [2.24, 2.45) is 5.92 Å². The first-order valence-corrected chi connectivity index (χ1v) is 11.0. The predicted molar refractivity (Wildman–Crippen MR) is 122 cm³/mol. The number of nitrogens with zero attached hydrogens (tertiary/aromatic N) is 2. The number of likely N-dealkylation sites (tertiary alicyclic amines) is 1. The molecule has 1 saturated heterocycles. The molecular weight excluding hydrogens is 374 g/mol. The molecule has 1 N–H and O–H groups in total. The third-order valence-corrected chi connectivity index (χ3v) is 6.04. The fourth-order valence-electron chi connectivity index (χ4n) is 4.50.